The molecule has 5 heteroatoms. The molecule has 0 amide bonds. The third-order valence-electron chi connectivity index (χ3n) is 2.18. The Morgan fingerprint density at radius 2 is 2.08 bits per heavy atom. The van der Waals surface area contributed by atoms with Crippen LogP contribution in [0.25, 0.3) is 0 Å². The van der Waals surface area contributed by atoms with Gasteiger partial charge < -0.3 is 5.11 Å². The zero-order chi connectivity index (χ0) is 9.95. The lowest BCUT2D eigenvalue weighted by Crippen LogP contribution is -2.28. The summed E-state index contributed by atoms with van der Waals surface area (Å²) in [5.41, 5.74) is -0.823. The maximum absolute atomic E-state index is 11.8. The van der Waals surface area contributed by atoms with Crippen LogP contribution < -0.4 is 0 Å². The predicted octanol–water partition coefficient (Wildman–Crippen LogP) is 2.59. The molecule has 1 fully saturated rings. The molecule has 1 atom stereocenters. The quantitative estimate of drug-likeness (QED) is 0.779. The number of thioether (sulfide) groups is 1. The van der Waals surface area contributed by atoms with Gasteiger partial charge in [-0.25, -0.2) is 0 Å². The molecule has 1 aliphatic heterocycles. The highest BCUT2D eigenvalue weighted by Gasteiger charge is 2.33. The van der Waals surface area contributed by atoms with Crippen molar-refractivity contribution in [2.75, 3.05) is 11.5 Å². The third kappa shape index (κ3) is 4.22. The van der Waals surface area contributed by atoms with Gasteiger partial charge in [-0.1, -0.05) is 0 Å². The standard InChI is InChI=1S/C8H13F3OS/c9-8(10,11)3-1-2-7(12)4-5-13-6-7/h12H,1-6H2. The minimum Gasteiger partial charge on any atom is -0.389 e. The molecule has 0 aromatic heterocycles. The molecule has 0 bridgehead atoms. The van der Waals surface area contributed by atoms with Crippen LogP contribution in [0.3, 0.4) is 0 Å². The van der Waals surface area contributed by atoms with Gasteiger partial charge in [-0.3, -0.25) is 0 Å². The molecule has 1 unspecified atom stereocenters. The molecule has 0 aromatic rings. The zero-order valence-electron chi connectivity index (χ0n) is 7.23. The average Bonchev–Trinajstić information content (AvgIpc) is 2.33. The van der Waals surface area contributed by atoms with Gasteiger partial charge in [0.2, 0.25) is 0 Å². The van der Waals surface area contributed by atoms with Crippen molar-refractivity contribution in [2.45, 2.75) is 37.5 Å². The van der Waals surface area contributed by atoms with Crippen LogP contribution in [-0.4, -0.2) is 28.4 Å². The van der Waals surface area contributed by atoms with Crippen LogP contribution in [0, 0.1) is 0 Å². The Morgan fingerprint density at radius 3 is 2.54 bits per heavy atom. The van der Waals surface area contributed by atoms with Crippen molar-refractivity contribution in [1.82, 2.24) is 0 Å². The summed E-state index contributed by atoms with van der Waals surface area (Å²) < 4.78 is 35.3. The number of alkyl halides is 3. The second kappa shape index (κ2) is 4.09. The number of aliphatic hydroxyl groups is 1. The zero-order valence-corrected chi connectivity index (χ0v) is 8.05. The van der Waals surface area contributed by atoms with Gasteiger partial charge in [0.1, 0.15) is 0 Å². The molecule has 1 nitrogen and oxygen atoms in total. The molecule has 1 rings (SSSR count). The summed E-state index contributed by atoms with van der Waals surface area (Å²) in [6.07, 6.45) is -3.91. The van der Waals surface area contributed by atoms with Gasteiger partial charge in [0.05, 0.1) is 5.60 Å². The average molecular weight is 214 g/mol. The Balaban J connectivity index is 2.18. The molecule has 1 aliphatic rings. The lowest BCUT2D eigenvalue weighted by Gasteiger charge is -2.21. The van der Waals surface area contributed by atoms with Gasteiger partial charge in [0, 0.05) is 12.2 Å². The van der Waals surface area contributed by atoms with Gasteiger partial charge in [-0.15, -0.1) is 0 Å². The Labute approximate surface area is 79.7 Å². The lowest BCUT2D eigenvalue weighted by molar-refractivity contribution is -0.137. The van der Waals surface area contributed by atoms with E-state index in [2.05, 4.69) is 0 Å². The summed E-state index contributed by atoms with van der Waals surface area (Å²) in [6, 6.07) is 0. The van der Waals surface area contributed by atoms with Crippen LogP contribution in [-0.2, 0) is 0 Å². The Bertz CT molecular complexity index is 163. The predicted molar refractivity (Wildman–Crippen MR) is 46.8 cm³/mol. The Hall–Kier alpha value is 0.100. The van der Waals surface area contributed by atoms with E-state index in [1.54, 1.807) is 11.8 Å². The van der Waals surface area contributed by atoms with E-state index in [1.807, 2.05) is 0 Å². The van der Waals surface area contributed by atoms with E-state index in [0.29, 0.717) is 12.2 Å². The van der Waals surface area contributed by atoms with Crippen molar-refractivity contribution in [3.8, 4) is 0 Å². The minimum absolute atomic E-state index is 0.0422. The molecular weight excluding hydrogens is 201 g/mol. The molecule has 0 radical (unpaired) electrons. The molecule has 1 N–H and O–H groups in total. The van der Waals surface area contributed by atoms with Crippen LogP contribution in [0.1, 0.15) is 25.7 Å². The van der Waals surface area contributed by atoms with Gasteiger partial charge in [0.15, 0.2) is 0 Å². The number of hydrogen-bond acceptors (Lipinski definition) is 2. The van der Waals surface area contributed by atoms with E-state index in [1.165, 1.54) is 0 Å². The molecule has 0 aliphatic carbocycles. The van der Waals surface area contributed by atoms with Crippen molar-refractivity contribution in [3.05, 3.63) is 0 Å². The SMILES string of the molecule is OC1(CCCC(F)(F)F)CCSC1. The lowest BCUT2D eigenvalue weighted by atomic mass is 9.96. The van der Waals surface area contributed by atoms with Crippen molar-refractivity contribution < 1.29 is 18.3 Å². The summed E-state index contributed by atoms with van der Waals surface area (Å²) >= 11 is 1.61. The topological polar surface area (TPSA) is 20.2 Å². The summed E-state index contributed by atoms with van der Waals surface area (Å²) in [7, 11) is 0. The van der Waals surface area contributed by atoms with Crippen molar-refractivity contribution in [2.24, 2.45) is 0 Å². The summed E-state index contributed by atoms with van der Waals surface area (Å²) in [5.74, 6) is 1.45. The number of rotatable bonds is 3. The summed E-state index contributed by atoms with van der Waals surface area (Å²) in [4.78, 5) is 0. The van der Waals surface area contributed by atoms with Gasteiger partial charge >= 0.3 is 6.18 Å². The van der Waals surface area contributed by atoms with Crippen LogP contribution in [0.4, 0.5) is 13.2 Å². The van der Waals surface area contributed by atoms with Crippen molar-refractivity contribution in [1.29, 1.82) is 0 Å². The highest BCUT2D eigenvalue weighted by Crippen LogP contribution is 2.33. The maximum atomic E-state index is 11.8. The van der Waals surface area contributed by atoms with E-state index in [4.69, 9.17) is 0 Å². The third-order valence-corrected chi connectivity index (χ3v) is 3.42. The number of halogens is 3. The molecule has 78 valence electrons. The molecule has 1 saturated heterocycles. The van der Waals surface area contributed by atoms with Gasteiger partial charge in [0.25, 0.3) is 0 Å². The molecule has 0 saturated carbocycles. The minimum atomic E-state index is -4.08. The van der Waals surface area contributed by atoms with Crippen LogP contribution in [0.15, 0.2) is 0 Å². The van der Waals surface area contributed by atoms with E-state index < -0.39 is 18.2 Å². The van der Waals surface area contributed by atoms with E-state index in [0.717, 1.165) is 5.75 Å². The van der Waals surface area contributed by atoms with Crippen LogP contribution in [0.2, 0.25) is 0 Å². The largest absolute Gasteiger partial charge is 0.389 e. The highest BCUT2D eigenvalue weighted by atomic mass is 32.2. The molecular formula is C8H13F3OS. The maximum Gasteiger partial charge on any atom is 0.389 e. The fourth-order valence-corrected chi connectivity index (χ4v) is 2.75. The smallest absolute Gasteiger partial charge is 0.389 e. The van der Waals surface area contributed by atoms with E-state index in [-0.39, 0.29) is 12.8 Å². The van der Waals surface area contributed by atoms with Crippen molar-refractivity contribution in [3.63, 3.8) is 0 Å². The first-order valence-electron chi connectivity index (χ1n) is 4.28. The number of hydrogen-bond donors (Lipinski definition) is 1. The highest BCUT2D eigenvalue weighted by molar-refractivity contribution is 7.99. The normalized spacial score (nSPS) is 29.5. The molecule has 0 spiro atoms. The monoisotopic (exact) mass is 214 g/mol. The Kier molecular flexibility index (Phi) is 3.51. The summed E-state index contributed by atoms with van der Waals surface area (Å²) in [5, 5.41) is 9.70. The van der Waals surface area contributed by atoms with Crippen molar-refractivity contribution >= 4 is 11.8 Å². The Morgan fingerprint density at radius 1 is 1.38 bits per heavy atom. The van der Waals surface area contributed by atoms with Gasteiger partial charge in [-0.2, -0.15) is 24.9 Å². The first-order chi connectivity index (χ1) is 5.91. The van der Waals surface area contributed by atoms with E-state index in [9.17, 15) is 18.3 Å². The van der Waals surface area contributed by atoms with Gasteiger partial charge in [-0.05, 0) is 25.0 Å². The second-order valence-corrected chi connectivity index (χ2v) is 4.60. The molecule has 0 aromatic carbocycles. The summed E-state index contributed by atoms with van der Waals surface area (Å²) in [6.45, 7) is 0. The molecule has 1 heterocycles. The first-order valence-corrected chi connectivity index (χ1v) is 5.44. The fourth-order valence-electron chi connectivity index (χ4n) is 1.41. The second-order valence-electron chi connectivity index (χ2n) is 3.50. The first kappa shape index (κ1) is 11.2. The van der Waals surface area contributed by atoms with E-state index >= 15 is 0 Å². The fraction of sp³-hybridized carbons (Fsp3) is 1.00. The van der Waals surface area contributed by atoms with Crippen LogP contribution in [0.5, 0.6) is 0 Å². The molecule has 13 heavy (non-hydrogen) atoms. The van der Waals surface area contributed by atoms with Crippen LogP contribution >= 0.6 is 11.8 Å².